The Balaban J connectivity index is 2.51. The fourth-order valence-electron chi connectivity index (χ4n) is 2.84. The molecule has 2 rings (SSSR count). The summed E-state index contributed by atoms with van der Waals surface area (Å²) in [6.07, 6.45) is 1.91. The Bertz CT molecular complexity index is 813. The highest BCUT2D eigenvalue weighted by atomic mass is 35.5. The second-order valence-corrected chi connectivity index (χ2v) is 5.99. The van der Waals surface area contributed by atoms with Crippen molar-refractivity contribution >= 4 is 34.4 Å². The van der Waals surface area contributed by atoms with E-state index in [9.17, 15) is 9.59 Å². The molecule has 0 unspecified atom stereocenters. The average molecular weight is 376 g/mol. The van der Waals surface area contributed by atoms with Crippen LogP contribution in [0.25, 0.3) is 10.9 Å². The maximum Gasteiger partial charge on any atom is 0.324 e. The van der Waals surface area contributed by atoms with Crippen molar-refractivity contribution in [2.24, 2.45) is 5.41 Å². The van der Waals surface area contributed by atoms with Crippen LogP contribution in [0.15, 0.2) is 30.5 Å². The van der Waals surface area contributed by atoms with Gasteiger partial charge in [-0.2, -0.15) is 0 Å². The number of nitrogens with one attached hydrogen (secondary N) is 1. The third-order valence-corrected chi connectivity index (χ3v) is 4.22. The van der Waals surface area contributed by atoms with Gasteiger partial charge in [-0.05, 0) is 25.5 Å². The van der Waals surface area contributed by atoms with E-state index in [-0.39, 0.29) is 31.9 Å². The smallest absolute Gasteiger partial charge is 0.324 e. The largest absolute Gasteiger partial charge is 0.465 e. The number of ether oxygens (including phenoxy) is 2. The molecule has 0 radical (unpaired) electrons. The van der Waals surface area contributed by atoms with Gasteiger partial charge in [0.25, 0.3) is 0 Å². The Kier molecular flexibility index (Phi) is 7.11. The Morgan fingerprint density at radius 2 is 1.77 bits per heavy atom. The van der Waals surface area contributed by atoms with Gasteiger partial charge in [-0.25, -0.2) is 0 Å². The van der Waals surface area contributed by atoms with Gasteiger partial charge in [0.15, 0.2) is 5.41 Å². The summed E-state index contributed by atoms with van der Waals surface area (Å²) in [5.74, 6) is 4.38. The first kappa shape index (κ1) is 19.9. The van der Waals surface area contributed by atoms with Gasteiger partial charge >= 0.3 is 11.9 Å². The van der Waals surface area contributed by atoms with E-state index in [0.717, 1.165) is 16.5 Å². The van der Waals surface area contributed by atoms with Crippen molar-refractivity contribution in [1.29, 1.82) is 0 Å². The molecule has 5 nitrogen and oxygen atoms in total. The molecule has 0 saturated carbocycles. The molecule has 0 spiro atoms. The zero-order valence-corrected chi connectivity index (χ0v) is 15.7. The van der Waals surface area contributed by atoms with Crippen molar-refractivity contribution in [2.75, 3.05) is 19.1 Å². The molecule has 1 N–H and O–H groups in total. The lowest BCUT2D eigenvalue weighted by molar-refractivity contribution is -0.171. The lowest BCUT2D eigenvalue weighted by atomic mass is 9.78. The third-order valence-electron chi connectivity index (χ3n) is 4.08. The first-order valence-electron chi connectivity index (χ1n) is 8.50. The molecule has 26 heavy (non-hydrogen) atoms. The highest BCUT2D eigenvalue weighted by Crippen LogP contribution is 2.33. The first-order valence-corrected chi connectivity index (χ1v) is 9.03. The van der Waals surface area contributed by atoms with Gasteiger partial charge in [-0.1, -0.05) is 24.1 Å². The van der Waals surface area contributed by atoms with Crippen LogP contribution < -0.4 is 0 Å². The molecule has 1 aromatic heterocycles. The second kappa shape index (κ2) is 9.30. The molecule has 0 saturated heterocycles. The maximum absolute atomic E-state index is 12.8. The zero-order chi connectivity index (χ0) is 19.0. The minimum atomic E-state index is -1.53. The number of hydrogen-bond donors (Lipinski definition) is 1. The van der Waals surface area contributed by atoms with Crippen LogP contribution in [-0.4, -0.2) is 36.0 Å². The van der Waals surface area contributed by atoms with Crippen molar-refractivity contribution < 1.29 is 19.1 Å². The molecule has 0 aliphatic carbocycles. The summed E-state index contributed by atoms with van der Waals surface area (Å²) >= 11 is 5.62. The quantitative estimate of drug-likeness (QED) is 0.348. The van der Waals surface area contributed by atoms with E-state index in [1.807, 2.05) is 24.3 Å². The van der Waals surface area contributed by atoms with Gasteiger partial charge in [-0.3, -0.25) is 9.59 Å². The number of alkyl halides is 1. The van der Waals surface area contributed by atoms with Gasteiger partial charge in [0, 0.05) is 29.9 Å². The minimum absolute atomic E-state index is 0.0170. The summed E-state index contributed by atoms with van der Waals surface area (Å²) < 4.78 is 10.4. The summed E-state index contributed by atoms with van der Waals surface area (Å²) in [6.45, 7) is 3.72. The lowest BCUT2D eigenvalue weighted by Crippen LogP contribution is -2.43. The molecule has 0 aliphatic rings. The van der Waals surface area contributed by atoms with Crippen molar-refractivity contribution in [2.45, 2.75) is 26.7 Å². The standard InChI is InChI=1S/C20H22ClNO4/c1-3-25-18(23)20(11-7-8-12-21,19(24)26-4-2)13-15-14-22-17-10-6-5-9-16(15)17/h5-6,9-10,14,22H,3-4,11-13H2,1-2H3. The van der Waals surface area contributed by atoms with Crippen LogP contribution in [0.4, 0.5) is 0 Å². The molecule has 0 amide bonds. The topological polar surface area (TPSA) is 68.4 Å². The number of fused-ring (bicyclic) bond motifs is 1. The van der Waals surface area contributed by atoms with E-state index in [1.165, 1.54) is 0 Å². The van der Waals surface area contributed by atoms with Gasteiger partial charge in [0.1, 0.15) is 0 Å². The van der Waals surface area contributed by atoms with Crippen LogP contribution in [0, 0.1) is 17.3 Å². The second-order valence-electron chi connectivity index (χ2n) is 5.72. The number of aromatic nitrogens is 1. The summed E-state index contributed by atoms with van der Waals surface area (Å²) in [7, 11) is 0. The summed E-state index contributed by atoms with van der Waals surface area (Å²) in [6, 6.07) is 7.69. The SMILES string of the molecule is CCOC(=O)C(CC#CCCl)(Cc1c[nH]c2ccccc12)C(=O)OCC. The molecule has 2 aromatic rings. The summed E-state index contributed by atoms with van der Waals surface area (Å²) in [4.78, 5) is 28.8. The number of aromatic amines is 1. The van der Waals surface area contributed by atoms with E-state index < -0.39 is 17.4 Å². The number of esters is 2. The zero-order valence-electron chi connectivity index (χ0n) is 14.9. The fraction of sp³-hybridized carbons (Fsp3) is 0.400. The number of H-pyrrole nitrogens is 1. The van der Waals surface area contributed by atoms with Crippen LogP contribution >= 0.6 is 11.6 Å². The van der Waals surface area contributed by atoms with Crippen LogP contribution in [0.3, 0.4) is 0 Å². The number of carbonyl (C=O) groups excluding carboxylic acids is 2. The van der Waals surface area contributed by atoms with Gasteiger partial charge < -0.3 is 14.5 Å². The normalized spacial score (nSPS) is 10.9. The molecule has 0 aliphatic heterocycles. The predicted molar refractivity (Wildman–Crippen MR) is 101 cm³/mol. The van der Waals surface area contributed by atoms with Crippen LogP contribution in [0.5, 0.6) is 0 Å². The Hall–Kier alpha value is -2.45. The molecule has 138 valence electrons. The highest BCUT2D eigenvalue weighted by Gasteiger charge is 2.49. The number of hydrogen-bond acceptors (Lipinski definition) is 4. The highest BCUT2D eigenvalue weighted by molar-refractivity contribution is 6.19. The Morgan fingerprint density at radius 1 is 1.12 bits per heavy atom. The van der Waals surface area contributed by atoms with Gasteiger partial charge in [-0.15, -0.1) is 17.5 Å². The number of halogens is 1. The summed E-state index contributed by atoms with van der Waals surface area (Å²) in [5.41, 5.74) is 0.223. The number of carbonyl (C=O) groups is 2. The monoisotopic (exact) mass is 375 g/mol. The Labute approximate surface area is 158 Å². The van der Waals surface area contributed by atoms with Gasteiger partial charge in [0.2, 0.25) is 0 Å². The van der Waals surface area contributed by atoms with E-state index in [2.05, 4.69) is 16.8 Å². The molecular weight excluding hydrogens is 354 g/mol. The fourth-order valence-corrected chi connectivity index (χ4v) is 2.93. The molecule has 0 atom stereocenters. The van der Waals surface area contributed by atoms with E-state index in [4.69, 9.17) is 21.1 Å². The van der Waals surface area contributed by atoms with Crippen molar-refractivity contribution in [1.82, 2.24) is 4.98 Å². The molecular formula is C20H22ClNO4. The molecule has 6 heteroatoms. The number of para-hydroxylation sites is 1. The van der Waals surface area contributed by atoms with Crippen LogP contribution in [0.1, 0.15) is 25.8 Å². The number of benzene rings is 1. The molecule has 0 bridgehead atoms. The minimum Gasteiger partial charge on any atom is -0.465 e. The Morgan fingerprint density at radius 3 is 2.38 bits per heavy atom. The van der Waals surface area contributed by atoms with Gasteiger partial charge in [0.05, 0.1) is 19.1 Å². The molecule has 1 heterocycles. The first-order chi connectivity index (χ1) is 12.6. The lowest BCUT2D eigenvalue weighted by Gasteiger charge is -2.27. The van der Waals surface area contributed by atoms with Crippen LogP contribution in [0.2, 0.25) is 0 Å². The van der Waals surface area contributed by atoms with E-state index in [1.54, 1.807) is 20.0 Å². The number of rotatable bonds is 7. The van der Waals surface area contributed by atoms with E-state index >= 15 is 0 Å². The summed E-state index contributed by atoms with van der Waals surface area (Å²) in [5, 5.41) is 0.941. The van der Waals surface area contributed by atoms with Crippen LogP contribution in [-0.2, 0) is 25.5 Å². The molecule has 0 fully saturated rings. The molecule has 1 aromatic carbocycles. The van der Waals surface area contributed by atoms with Crippen molar-refractivity contribution in [3.8, 4) is 11.8 Å². The van der Waals surface area contributed by atoms with Crippen molar-refractivity contribution in [3.05, 3.63) is 36.0 Å². The maximum atomic E-state index is 12.8. The van der Waals surface area contributed by atoms with E-state index in [0.29, 0.717) is 0 Å². The average Bonchev–Trinajstić information content (AvgIpc) is 3.04. The van der Waals surface area contributed by atoms with Crippen molar-refractivity contribution in [3.63, 3.8) is 0 Å². The third kappa shape index (κ3) is 4.20. The predicted octanol–water partition coefficient (Wildman–Crippen LogP) is 3.46.